The van der Waals surface area contributed by atoms with Gasteiger partial charge >= 0.3 is 6.03 Å². The van der Waals surface area contributed by atoms with Gasteiger partial charge < -0.3 is 10.6 Å². The molecule has 1 aromatic rings. The lowest BCUT2D eigenvalue weighted by Crippen LogP contribution is -2.54. The molecule has 2 N–H and O–H groups in total. The Hall–Kier alpha value is -2.51. The molecule has 1 heterocycles. The maximum Gasteiger partial charge on any atom is 0.325 e. The highest BCUT2D eigenvalue weighted by molar-refractivity contribution is 6.10. The van der Waals surface area contributed by atoms with Gasteiger partial charge in [0.2, 0.25) is 5.91 Å². The second kappa shape index (κ2) is 6.58. The van der Waals surface area contributed by atoms with Crippen molar-refractivity contribution in [3.8, 4) is 0 Å². The number of imide groups is 1. The summed E-state index contributed by atoms with van der Waals surface area (Å²) in [5.74, 6) is -2.93. The van der Waals surface area contributed by atoms with Crippen LogP contribution in [0.4, 0.5) is 19.3 Å². The van der Waals surface area contributed by atoms with Crippen molar-refractivity contribution in [3.05, 3.63) is 29.8 Å². The molecular weight excluding hydrogens is 356 g/mol. The molecular formula is C19H23F2N3O3. The summed E-state index contributed by atoms with van der Waals surface area (Å²) in [4.78, 5) is 38.4. The van der Waals surface area contributed by atoms with Crippen LogP contribution in [-0.2, 0) is 9.59 Å². The van der Waals surface area contributed by atoms with Gasteiger partial charge in [-0.25, -0.2) is 13.6 Å². The number of halogens is 2. The molecule has 1 aromatic carbocycles. The topological polar surface area (TPSA) is 78.5 Å². The van der Waals surface area contributed by atoms with E-state index in [1.807, 2.05) is 20.8 Å². The fourth-order valence-corrected chi connectivity index (χ4v) is 4.59. The molecule has 1 saturated carbocycles. The van der Waals surface area contributed by atoms with Crippen molar-refractivity contribution in [2.24, 2.45) is 11.3 Å². The summed E-state index contributed by atoms with van der Waals surface area (Å²) in [6, 6.07) is 2.53. The molecule has 27 heavy (non-hydrogen) atoms. The standard InChI is InChI=1S/C19H23F2N3O3/c1-11-7-18(2,3)10-19(8-11)16(26)24(17(27)23-19)9-14(25)22-15-12(20)5-4-6-13(15)21/h4-6,11H,7-10H2,1-3H3,(H,22,25)(H,23,27). The lowest BCUT2D eigenvalue weighted by atomic mass is 9.64. The number of hydrogen-bond donors (Lipinski definition) is 2. The third-order valence-electron chi connectivity index (χ3n) is 5.15. The van der Waals surface area contributed by atoms with Gasteiger partial charge in [0.05, 0.1) is 0 Å². The minimum absolute atomic E-state index is 0.130. The summed E-state index contributed by atoms with van der Waals surface area (Å²) < 4.78 is 27.4. The van der Waals surface area contributed by atoms with E-state index in [0.29, 0.717) is 12.8 Å². The van der Waals surface area contributed by atoms with Gasteiger partial charge in [-0.1, -0.05) is 26.8 Å². The largest absolute Gasteiger partial charge is 0.325 e. The number of nitrogens with zero attached hydrogens (tertiary/aromatic N) is 1. The summed E-state index contributed by atoms with van der Waals surface area (Å²) in [6.45, 7) is 5.51. The summed E-state index contributed by atoms with van der Waals surface area (Å²) in [6.07, 6.45) is 1.92. The minimum atomic E-state index is -1.03. The van der Waals surface area contributed by atoms with Gasteiger partial charge in [-0.15, -0.1) is 0 Å². The molecule has 2 unspecified atom stereocenters. The van der Waals surface area contributed by atoms with Gasteiger partial charge in [0.1, 0.15) is 29.4 Å². The highest BCUT2D eigenvalue weighted by Crippen LogP contribution is 2.46. The average Bonchev–Trinajstić information content (AvgIpc) is 2.72. The Morgan fingerprint density at radius 2 is 1.89 bits per heavy atom. The predicted molar refractivity (Wildman–Crippen MR) is 94.8 cm³/mol. The molecule has 1 aliphatic carbocycles. The van der Waals surface area contributed by atoms with E-state index in [2.05, 4.69) is 10.6 Å². The zero-order chi connectivity index (χ0) is 20.0. The van der Waals surface area contributed by atoms with Crippen LogP contribution in [-0.4, -0.2) is 34.8 Å². The van der Waals surface area contributed by atoms with Crippen LogP contribution < -0.4 is 10.6 Å². The molecule has 0 radical (unpaired) electrons. The lowest BCUT2D eigenvalue weighted by Gasteiger charge is -2.43. The first-order valence-corrected chi connectivity index (χ1v) is 8.91. The van der Waals surface area contributed by atoms with E-state index < -0.39 is 47.3 Å². The number of carbonyl (C=O) groups excluding carboxylic acids is 3. The maximum absolute atomic E-state index is 13.7. The summed E-state index contributed by atoms with van der Waals surface area (Å²) in [5, 5.41) is 4.86. The van der Waals surface area contributed by atoms with Crippen LogP contribution in [0.2, 0.25) is 0 Å². The van der Waals surface area contributed by atoms with Crippen LogP contribution in [0.3, 0.4) is 0 Å². The number of carbonyl (C=O) groups is 3. The van der Waals surface area contributed by atoms with Crippen molar-refractivity contribution in [2.45, 2.75) is 45.6 Å². The Bertz CT molecular complexity index is 791. The van der Waals surface area contributed by atoms with Crippen molar-refractivity contribution in [1.82, 2.24) is 10.2 Å². The molecule has 4 amide bonds. The van der Waals surface area contributed by atoms with Gasteiger partial charge in [-0.05, 0) is 42.7 Å². The Labute approximate surface area is 156 Å². The maximum atomic E-state index is 13.7. The van der Waals surface area contributed by atoms with Crippen molar-refractivity contribution >= 4 is 23.5 Å². The van der Waals surface area contributed by atoms with E-state index in [4.69, 9.17) is 0 Å². The molecule has 1 saturated heterocycles. The molecule has 0 aromatic heterocycles. The Balaban J connectivity index is 1.75. The first-order valence-electron chi connectivity index (χ1n) is 8.91. The van der Waals surface area contributed by atoms with Crippen LogP contribution >= 0.6 is 0 Å². The number of benzene rings is 1. The smallest absolute Gasteiger partial charge is 0.323 e. The summed E-state index contributed by atoms with van der Waals surface area (Å²) >= 11 is 0. The fraction of sp³-hybridized carbons (Fsp3) is 0.526. The van der Waals surface area contributed by atoms with E-state index in [9.17, 15) is 23.2 Å². The number of hydrogen-bond acceptors (Lipinski definition) is 3. The minimum Gasteiger partial charge on any atom is -0.323 e. The molecule has 6 nitrogen and oxygen atoms in total. The number of urea groups is 1. The number of para-hydroxylation sites is 1. The number of nitrogens with one attached hydrogen (secondary N) is 2. The highest BCUT2D eigenvalue weighted by atomic mass is 19.1. The number of rotatable bonds is 3. The molecule has 146 valence electrons. The van der Waals surface area contributed by atoms with Crippen molar-refractivity contribution in [2.75, 3.05) is 11.9 Å². The zero-order valence-corrected chi connectivity index (χ0v) is 15.6. The number of anilines is 1. The van der Waals surface area contributed by atoms with Crippen LogP contribution in [0.5, 0.6) is 0 Å². The molecule has 2 fully saturated rings. The van der Waals surface area contributed by atoms with E-state index in [-0.39, 0.29) is 11.3 Å². The van der Waals surface area contributed by atoms with Crippen LogP contribution in [0.15, 0.2) is 18.2 Å². The van der Waals surface area contributed by atoms with E-state index in [1.54, 1.807) is 0 Å². The molecule has 0 bridgehead atoms. The third-order valence-corrected chi connectivity index (χ3v) is 5.15. The Kier molecular flexibility index (Phi) is 4.69. The quantitative estimate of drug-likeness (QED) is 0.793. The second-order valence-corrected chi connectivity index (χ2v) is 8.40. The molecule has 1 aliphatic heterocycles. The monoisotopic (exact) mass is 379 g/mol. The Morgan fingerprint density at radius 3 is 2.48 bits per heavy atom. The van der Waals surface area contributed by atoms with E-state index in [1.165, 1.54) is 6.07 Å². The van der Waals surface area contributed by atoms with Crippen molar-refractivity contribution in [1.29, 1.82) is 0 Å². The predicted octanol–water partition coefficient (Wildman–Crippen LogP) is 3.04. The van der Waals surface area contributed by atoms with Gasteiger partial charge in [-0.3, -0.25) is 14.5 Å². The van der Waals surface area contributed by atoms with Crippen LogP contribution in [0, 0.1) is 23.0 Å². The van der Waals surface area contributed by atoms with Crippen LogP contribution in [0.25, 0.3) is 0 Å². The van der Waals surface area contributed by atoms with E-state index in [0.717, 1.165) is 23.5 Å². The first-order chi connectivity index (χ1) is 12.5. The summed E-state index contributed by atoms with van der Waals surface area (Å²) in [5.41, 5.74) is -1.76. The molecule has 2 atom stereocenters. The lowest BCUT2D eigenvalue weighted by molar-refractivity contribution is -0.136. The highest BCUT2D eigenvalue weighted by Gasteiger charge is 2.56. The average molecular weight is 379 g/mol. The zero-order valence-electron chi connectivity index (χ0n) is 15.6. The molecule has 3 rings (SSSR count). The number of amides is 4. The van der Waals surface area contributed by atoms with Crippen LogP contribution in [0.1, 0.15) is 40.0 Å². The molecule has 2 aliphatic rings. The van der Waals surface area contributed by atoms with Gasteiger partial charge in [-0.2, -0.15) is 0 Å². The van der Waals surface area contributed by atoms with Gasteiger partial charge in [0, 0.05) is 0 Å². The second-order valence-electron chi connectivity index (χ2n) is 8.40. The first kappa shape index (κ1) is 19.3. The summed E-state index contributed by atoms with van der Waals surface area (Å²) in [7, 11) is 0. The van der Waals surface area contributed by atoms with Crippen molar-refractivity contribution < 1.29 is 23.2 Å². The van der Waals surface area contributed by atoms with Gasteiger partial charge in [0.15, 0.2) is 0 Å². The molecule has 1 spiro atoms. The van der Waals surface area contributed by atoms with Crippen molar-refractivity contribution in [3.63, 3.8) is 0 Å². The molecule has 8 heteroatoms. The SMILES string of the molecule is CC1CC(C)(C)CC2(C1)NC(=O)N(CC(=O)Nc1c(F)cccc1F)C2=O. The fourth-order valence-electron chi connectivity index (χ4n) is 4.59. The normalized spacial score (nSPS) is 27.0. The Morgan fingerprint density at radius 1 is 1.26 bits per heavy atom. The van der Waals surface area contributed by atoms with E-state index >= 15 is 0 Å². The van der Waals surface area contributed by atoms with Gasteiger partial charge in [0.25, 0.3) is 5.91 Å². The third kappa shape index (κ3) is 3.65.